The van der Waals surface area contributed by atoms with Crippen LogP contribution in [0.3, 0.4) is 0 Å². The highest BCUT2D eigenvalue weighted by molar-refractivity contribution is 5.80. The lowest BCUT2D eigenvalue weighted by Gasteiger charge is -2.25. The second kappa shape index (κ2) is 7.34. The van der Waals surface area contributed by atoms with E-state index < -0.39 is 0 Å². The predicted octanol–water partition coefficient (Wildman–Crippen LogP) is 3.01. The summed E-state index contributed by atoms with van der Waals surface area (Å²) in [5.74, 6) is 1.53. The molecule has 126 valence electrons. The van der Waals surface area contributed by atoms with Gasteiger partial charge in [-0.05, 0) is 36.6 Å². The van der Waals surface area contributed by atoms with Crippen molar-refractivity contribution < 1.29 is 14.3 Å². The van der Waals surface area contributed by atoms with Crippen molar-refractivity contribution in [3.8, 4) is 11.5 Å². The molecule has 0 aliphatic carbocycles. The number of likely N-dealkylation sites (tertiary alicyclic amines) is 1. The number of nitrogens with zero attached hydrogens (tertiary/aromatic N) is 2. The molecule has 3 rings (SSSR count). The average molecular weight is 326 g/mol. The number of carbonyl (C=O) groups excluding carboxylic acids is 1. The fraction of sp³-hybridized carbons (Fsp3) is 0.368. The van der Waals surface area contributed by atoms with Crippen LogP contribution in [0, 0.1) is 0 Å². The minimum absolute atomic E-state index is 0.123. The Morgan fingerprint density at radius 2 is 2.00 bits per heavy atom. The zero-order valence-electron chi connectivity index (χ0n) is 14.1. The summed E-state index contributed by atoms with van der Waals surface area (Å²) < 4.78 is 10.6. The first-order valence-corrected chi connectivity index (χ1v) is 8.13. The summed E-state index contributed by atoms with van der Waals surface area (Å²) >= 11 is 0. The Labute approximate surface area is 142 Å². The Morgan fingerprint density at radius 3 is 2.71 bits per heavy atom. The molecule has 1 aromatic carbocycles. The summed E-state index contributed by atoms with van der Waals surface area (Å²) in [7, 11) is 3.22. The molecule has 1 aliphatic heterocycles. The summed E-state index contributed by atoms with van der Waals surface area (Å²) in [4.78, 5) is 18.9. The van der Waals surface area contributed by atoms with E-state index >= 15 is 0 Å². The molecular formula is C19H22N2O3. The number of ether oxygens (including phenoxy) is 2. The number of benzene rings is 1. The minimum atomic E-state index is 0.123. The summed E-state index contributed by atoms with van der Waals surface area (Å²) in [6.07, 6.45) is 5.91. The van der Waals surface area contributed by atoms with E-state index in [-0.39, 0.29) is 11.9 Å². The van der Waals surface area contributed by atoms with Crippen LogP contribution in [-0.2, 0) is 11.2 Å². The van der Waals surface area contributed by atoms with Crippen LogP contribution in [-0.4, -0.2) is 36.6 Å². The quantitative estimate of drug-likeness (QED) is 0.847. The number of amides is 1. The highest BCUT2D eigenvalue weighted by Crippen LogP contribution is 2.33. The van der Waals surface area contributed by atoms with Crippen LogP contribution in [0.5, 0.6) is 11.5 Å². The van der Waals surface area contributed by atoms with E-state index in [2.05, 4.69) is 4.98 Å². The SMILES string of the molecule is COc1ccc(CC(=O)N2CCCC2c2ccncc2)c(OC)c1. The number of hydrogen-bond donors (Lipinski definition) is 0. The molecular weight excluding hydrogens is 304 g/mol. The van der Waals surface area contributed by atoms with Crippen LogP contribution < -0.4 is 9.47 Å². The van der Waals surface area contributed by atoms with E-state index in [4.69, 9.17) is 9.47 Å². The number of carbonyl (C=O) groups is 1. The molecule has 1 fully saturated rings. The van der Waals surface area contributed by atoms with Crippen LogP contribution in [0.4, 0.5) is 0 Å². The molecule has 1 aliphatic rings. The Morgan fingerprint density at radius 1 is 1.21 bits per heavy atom. The highest BCUT2D eigenvalue weighted by atomic mass is 16.5. The van der Waals surface area contributed by atoms with Crippen molar-refractivity contribution in [1.29, 1.82) is 0 Å². The standard InChI is InChI=1S/C19H22N2O3/c1-23-16-6-5-15(18(13-16)24-2)12-19(22)21-11-3-4-17(21)14-7-9-20-10-8-14/h5-10,13,17H,3-4,11-12H2,1-2H3. The van der Waals surface area contributed by atoms with Crippen molar-refractivity contribution in [2.24, 2.45) is 0 Å². The van der Waals surface area contributed by atoms with Gasteiger partial charge in [0, 0.05) is 30.6 Å². The van der Waals surface area contributed by atoms with Gasteiger partial charge in [0.05, 0.1) is 26.7 Å². The van der Waals surface area contributed by atoms with Gasteiger partial charge in [0.25, 0.3) is 0 Å². The third-order valence-corrected chi connectivity index (χ3v) is 4.50. The maximum absolute atomic E-state index is 12.8. The molecule has 0 radical (unpaired) electrons. The van der Waals surface area contributed by atoms with E-state index in [1.54, 1.807) is 26.6 Å². The van der Waals surface area contributed by atoms with Gasteiger partial charge in [-0.2, -0.15) is 0 Å². The van der Waals surface area contributed by atoms with E-state index in [1.807, 2.05) is 35.2 Å². The molecule has 0 saturated carbocycles. The summed E-state index contributed by atoms with van der Waals surface area (Å²) in [6, 6.07) is 9.69. The third kappa shape index (κ3) is 3.35. The van der Waals surface area contributed by atoms with Crippen LogP contribution in [0.25, 0.3) is 0 Å². The van der Waals surface area contributed by atoms with Gasteiger partial charge in [0.15, 0.2) is 0 Å². The van der Waals surface area contributed by atoms with E-state index in [9.17, 15) is 4.79 Å². The van der Waals surface area contributed by atoms with Gasteiger partial charge >= 0.3 is 0 Å². The molecule has 24 heavy (non-hydrogen) atoms. The first kappa shape index (κ1) is 16.3. The fourth-order valence-corrected chi connectivity index (χ4v) is 3.26. The summed E-state index contributed by atoms with van der Waals surface area (Å²) in [5.41, 5.74) is 2.03. The Bertz CT molecular complexity index is 703. The Balaban J connectivity index is 1.77. The van der Waals surface area contributed by atoms with Crippen molar-refractivity contribution in [2.45, 2.75) is 25.3 Å². The largest absolute Gasteiger partial charge is 0.497 e. The van der Waals surface area contributed by atoms with Crippen molar-refractivity contribution in [3.63, 3.8) is 0 Å². The Kier molecular flexibility index (Phi) is 4.99. The van der Waals surface area contributed by atoms with Crippen LogP contribution in [0.2, 0.25) is 0 Å². The molecule has 1 atom stereocenters. The molecule has 1 amide bonds. The van der Waals surface area contributed by atoms with E-state index in [0.717, 1.165) is 36.3 Å². The number of aromatic nitrogens is 1. The van der Waals surface area contributed by atoms with Crippen molar-refractivity contribution in [1.82, 2.24) is 9.88 Å². The predicted molar refractivity (Wildman–Crippen MR) is 91.2 cm³/mol. The number of hydrogen-bond acceptors (Lipinski definition) is 4. The molecule has 1 saturated heterocycles. The average Bonchev–Trinajstić information content (AvgIpc) is 3.12. The molecule has 0 spiro atoms. The minimum Gasteiger partial charge on any atom is -0.497 e. The van der Waals surface area contributed by atoms with E-state index in [1.165, 1.54) is 0 Å². The normalized spacial score (nSPS) is 16.9. The van der Waals surface area contributed by atoms with Crippen molar-refractivity contribution >= 4 is 5.91 Å². The highest BCUT2D eigenvalue weighted by Gasteiger charge is 2.30. The van der Waals surface area contributed by atoms with Crippen LogP contribution in [0.1, 0.15) is 30.0 Å². The number of rotatable bonds is 5. The van der Waals surface area contributed by atoms with Gasteiger partial charge in [-0.15, -0.1) is 0 Å². The Hall–Kier alpha value is -2.56. The second-order valence-electron chi connectivity index (χ2n) is 5.88. The van der Waals surface area contributed by atoms with E-state index in [0.29, 0.717) is 12.2 Å². The van der Waals surface area contributed by atoms with Crippen LogP contribution >= 0.6 is 0 Å². The molecule has 1 unspecified atom stereocenters. The maximum Gasteiger partial charge on any atom is 0.227 e. The molecule has 2 aromatic rings. The molecule has 1 aromatic heterocycles. The van der Waals surface area contributed by atoms with Gasteiger partial charge in [-0.25, -0.2) is 0 Å². The smallest absolute Gasteiger partial charge is 0.227 e. The molecule has 5 heteroatoms. The van der Waals surface area contributed by atoms with Gasteiger partial charge in [0.1, 0.15) is 11.5 Å². The first-order chi connectivity index (χ1) is 11.7. The number of methoxy groups -OCH3 is 2. The first-order valence-electron chi connectivity index (χ1n) is 8.13. The van der Waals surface area contributed by atoms with Crippen molar-refractivity contribution in [2.75, 3.05) is 20.8 Å². The molecule has 0 N–H and O–H groups in total. The van der Waals surface area contributed by atoms with Gasteiger partial charge in [-0.3, -0.25) is 9.78 Å². The lowest BCUT2D eigenvalue weighted by Crippen LogP contribution is -2.31. The maximum atomic E-state index is 12.8. The van der Waals surface area contributed by atoms with Gasteiger partial charge < -0.3 is 14.4 Å². The lowest BCUT2D eigenvalue weighted by atomic mass is 10.0. The zero-order valence-corrected chi connectivity index (χ0v) is 14.1. The summed E-state index contributed by atoms with van der Waals surface area (Å²) in [5, 5.41) is 0. The van der Waals surface area contributed by atoms with Crippen LogP contribution in [0.15, 0.2) is 42.7 Å². The lowest BCUT2D eigenvalue weighted by molar-refractivity contribution is -0.131. The topological polar surface area (TPSA) is 51.7 Å². The van der Waals surface area contributed by atoms with Gasteiger partial charge in [0.2, 0.25) is 5.91 Å². The molecule has 0 bridgehead atoms. The monoisotopic (exact) mass is 326 g/mol. The fourth-order valence-electron chi connectivity index (χ4n) is 3.26. The molecule has 5 nitrogen and oxygen atoms in total. The zero-order chi connectivity index (χ0) is 16.9. The second-order valence-corrected chi connectivity index (χ2v) is 5.88. The van der Waals surface area contributed by atoms with Gasteiger partial charge in [-0.1, -0.05) is 6.07 Å². The van der Waals surface area contributed by atoms with Crippen molar-refractivity contribution in [3.05, 3.63) is 53.9 Å². The number of pyridine rings is 1. The third-order valence-electron chi connectivity index (χ3n) is 4.50. The summed E-state index contributed by atoms with van der Waals surface area (Å²) in [6.45, 7) is 0.796. The molecule has 2 heterocycles.